The molecule has 1 fully saturated rings. The van der Waals surface area contributed by atoms with Crippen molar-refractivity contribution in [3.05, 3.63) is 0 Å². The first-order valence-corrected chi connectivity index (χ1v) is 6.25. The molecule has 1 aliphatic rings. The molecule has 1 unspecified atom stereocenters. The molecule has 0 aromatic rings. The molecule has 0 radical (unpaired) electrons. The second-order valence-electron chi connectivity index (χ2n) is 4.48. The van der Waals surface area contributed by atoms with Crippen molar-refractivity contribution in [2.45, 2.75) is 26.2 Å². The molecule has 0 aromatic heterocycles. The van der Waals surface area contributed by atoms with Gasteiger partial charge in [0.1, 0.15) is 0 Å². The van der Waals surface area contributed by atoms with Gasteiger partial charge in [-0.3, -0.25) is 4.79 Å². The van der Waals surface area contributed by atoms with Gasteiger partial charge < -0.3 is 15.0 Å². The largest absolute Gasteiger partial charge is 0.384 e. The highest BCUT2D eigenvalue weighted by molar-refractivity contribution is 5.78. The number of nitrogens with zero attached hydrogens (tertiary/aromatic N) is 1. The van der Waals surface area contributed by atoms with E-state index in [9.17, 15) is 4.79 Å². The predicted octanol–water partition coefficient (Wildman–Crippen LogP) is 0.871. The fourth-order valence-corrected chi connectivity index (χ4v) is 2.15. The van der Waals surface area contributed by atoms with Crippen molar-refractivity contribution >= 4 is 5.91 Å². The maximum Gasteiger partial charge on any atom is 0.236 e. The first-order chi connectivity index (χ1) is 7.77. The molecule has 1 amide bonds. The molecule has 0 aromatic carbocycles. The number of rotatable bonds is 6. The minimum atomic E-state index is 0.231. The Bertz CT molecular complexity index is 207. The highest BCUT2D eigenvalue weighted by Gasteiger charge is 2.22. The van der Waals surface area contributed by atoms with Crippen LogP contribution in [0.15, 0.2) is 0 Å². The van der Waals surface area contributed by atoms with Gasteiger partial charge in [-0.15, -0.1) is 0 Å². The lowest BCUT2D eigenvalue weighted by Crippen LogP contribution is -2.44. The second-order valence-corrected chi connectivity index (χ2v) is 4.48. The Labute approximate surface area is 98.3 Å². The lowest BCUT2D eigenvalue weighted by atomic mass is 9.99. The molecule has 1 saturated heterocycles. The average Bonchev–Trinajstić information content (AvgIpc) is 2.30. The van der Waals surface area contributed by atoms with Crippen molar-refractivity contribution in [2.75, 3.05) is 39.9 Å². The quantitative estimate of drug-likeness (QED) is 0.686. The molecule has 0 spiro atoms. The number of likely N-dealkylation sites (tertiary alicyclic amines) is 1. The molecule has 0 saturated carbocycles. The van der Waals surface area contributed by atoms with Crippen LogP contribution in [0.25, 0.3) is 0 Å². The zero-order valence-electron chi connectivity index (χ0n) is 10.5. The van der Waals surface area contributed by atoms with E-state index < -0.39 is 0 Å². The van der Waals surface area contributed by atoms with Crippen molar-refractivity contribution in [2.24, 2.45) is 5.92 Å². The molecule has 94 valence electrons. The second kappa shape index (κ2) is 7.63. The summed E-state index contributed by atoms with van der Waals surface area (Å²) >= 11 is 0. The lowest BCUT2D eigenvalue weighted by molar-refractivity contribution is -0.132. The normalized spacial score (nSPS) is 21.1. The first-order valence-electron chi connectivity index (χ1n) is 6.25. The van der Waals surface area contributed by atoms with Crippen LogP contribution in [0.5, 0.6) is 0 Å². The van der Waals surface area contributed by atoms with Crippen molar-refractivity contribution < 1.29 is 9.53 Å². The van der Waals surface area contributed by atoms with Crippen LogP contribution < -0.4 is 5.32 Å². The summed E-state index contributed by atoms with van der Waals surface area (Å²) in [7, 11) is 1.73. The number of amides is 1. The Morgan fingerprint density at radius 1 is 1.56 bits per heavy atom. The third-order valence-corrected chi connectivity index (χ3v) is 2.98. The SMILES string of the molecule is CCCNCC(=O)N1CCCC(COC)C1. The summed E-state index contributed by atoms with van der Waals surface area (Å²) in [6.07, 6.45) is 3.35. The van der Waals surface area contributed by atoms with E-state index in [0.717, 1.165) is 39.1 Å². The van der Waals surface area contributed by atoms with Crippen LogP contribution in [0.4, 0.5) is 0 Å². The van der Waals surface area contributed by atoms with Crippen molar-refractivity contribution in [1.82, 2.24) is 10.2 Å². The Morgan fingerprint density at radius 3 is 3.06 bits per heavy atom. The van der Waals surface area contributed by atoms with Gasteiger partial charge in [0.15, 0.2) is 0 Å². The van der Waals surface area contributed by atoms with E-state index in [1.54, 1.807) is 7.11 Å². The standard InChI is InChI=1S/C12H24N2O2/c1-3-6-13-8-12(15)14-7-4-5-11(9-14)10-16-2/h11,13H,3-10H2,1-2H3. The highest BCUT2D eigenvalue weighted by atomic mass is 16.5. The van der Waals surface area contributed by atoms with Crippen LogP contribution in [0.3, 0.4) is 0 Å². The zero-order chi connectivity index (χ0) is 11.8. The third kappa shape index (κ3) is 4.49. The molecular formula is C12H24N2O2. The van der Waals surface area contributed by atoms with Crippen molar-refractivity contribution in [1.29, 1.82) is 0 Å². The minimum absolute atomic E-state index is 0.231. The third-order valence-electron chi connectivity index (χ3n) is 2.98. The Kier molecular flexibility index (Phi) is 6.42. The molecule has 1 heterocycles. The van der Waals surface area contributed by atoms with Gasteiger partial charge >= 0.3 is 0 Å². The molecule has 4 heteroatoms. The maximum absolute atomic E-state index is 11.8. The Morgan fingerprint density at radius 2 is 2.38 bits per heavy atom. The average molecular weight is 228 g/mol. The van der Waals surface area contributed by atoms with E-state index in [-0.39, 0.29) is 5.91 Å². The summed E-state index contributed by atoms with van der Waals surface area (Å²) in [5.41, 5.74) is 0. The van der Waals surface area contributed by atoms with Crippen molar-refractivity contribution in [3.8, 4) is 0 Å². The number of carbonyl (C=O) groups excluding carboxylic acids is 1. The Hall–Kier alpha value is -0.610. The van der Waals surface area contributed by atoms with Gasteiger partial charge in [0.05, 0.1) is 13.2 Å². The van der Waals surface area contributed by atoms with Crippen LogP contribution in [0, 0.1) is 5.92 Å². The van der Waals surface area contributed by atoms with E-state index in [1.807, 2.05) is 4.90 Å². The van der Waals surface area contributed by atoms with E-state index in [2.05, 4.69) is 12.2 Å². The van der Waals surface area contributed by atoms with E-state index in [4.69, 9.17) is 4.74 Å². The number of nitrogens with one attached hydrogen (secondary N) is 1. The minimum Gasteiger partial charge on any atom is -0.384 e. The van der Waals surface area contributed by atoms with Crippen molar-refractivity contribution in [3.63, 3.8) is 0 Å². The van der Waals surface area contributed by atoms with Crippen LogP contribution >= 0.6 is 0 Å². The smallest absolute Gasteiger partial charge is 0.236 e. The molecular weight excluding hydrogens is 204 g/mol. The summed E-state index contributed by atoms with van der Waals surface area (Å²) in [5, 5.41) is 3.16. The number of piperidine rings is 1. The molecule has 1 N–H and O–H groups in total. The summed E-state index contributed by atoms with van der Waals surface area (Å²) in [5.74, 6) is 0.753. The molecule has 16 heavy (non-hydrogen) atoms. The van der Waals surface area contributed by atoms with Gasteiger partial charge in [0, 0.05) is 20.2 Å². The van der Waals surface area contributed by atoms with Crippen LogP contribution in [0.2, 0.25) is 0 Å². The first kappa shape index (κ1) is 13.5. The number of hydrogen-bond donors (Lipinski definition) is 1. The van der Waals surface area contributed by atoms with Crippen LogP contribution in [-0.4, -0.2) is 50.7 Å². The molecule has 0 aliphatic carbocycles. The predicted molar refractivity (Wildman–Crippen MR) is 64.3 cm³/mol. The molecule has 1 rings (SSSR count). The van der Waals surface area contributed by atoms with Gasteiger partial charge in [0.25, 0.3) is 0 Å². The number of methoxy groups -OCH3 is 1. The fourth-order valence-electron chi connectivity index (χ4n) is 2.15. The van der Waals surface area contributed by atoms with Crippen LogP contribution in [-0.2, 0) is 9.53 Å². The molecule has 0 bridgehead atoms. The number of carbonyl (C=O) groups is 1. The van der Waals surface area contributed by atoms with E-state index in [1.165, 1.54) is 6.42 Å². The number of ether oxygens (including phenoxy) is 1. The molecule has 4 nitrogen and oxygen atoms in total. The van der Waals surface area contributed by atoms with Gasteiger partial charge in [-0.2, -0.15) is 0 Å². The topological polar surface area (TPSA) is 41.6 Å². The maximum atomic E-state index is 11.8. The summed E-state index contributed by atoms with van der Waals surface area (Å²) in [6.45, 7) is 6.04. The highest BCUT2D eigenvalue weighted by Crippen LogP contribution is 2.16. The van der Waals surface area contributed by atoms with E-state index >= 15 is 0 Å². The van der Waals surface area contributed by atoms with Gasteiger partial charge in [-0.05, 0) is 31.7 Å². The monoisotopic (exact) mass is 228 g/mol. The fraction of sp³-hybridized carbons (Fsp3) is 0.917. The van der Waals surface area contributed by atoms with Gasteiger partial charge in [0.2, 0.25) is 5.91 Å². The van der Waals surface area contributed by atoms with Crippen LogP contribution in [0.1, 0.15) is 26.2 Å². The lowest BCUT2D eigenvalue weighted by Gasteiger charge is -2.32. The zero-order valence-corrected chi connectivity index (χ0v) is 10.5. The molecule has 1 aliphatic heterocycles. The molecule has 1 atom stereocenters. The van der Waals surface area contributed by atoms with Gasteiger partial charge in [-0.1, -0.05) is 6.92 Å². The Balaban J connectivity index is 2.26. The van der Waals surface area contributed by atoms with E-state index in [0.29, 0.717) is 12.5 Å². The summed E-state index contributed by atoms with van der Waals surface area (Å²) < 4.78 is 5.15. The summed E-state index contributed by atoms with van der Waals surface area (Å²) in [6, 6.07) is 0. The summed E-state index contributed by atoms with van der Waals surface area (Å²) in [4.78, 5) is 13.8. The van der Waals surface area contributed by atoms with Gasteiger partial charge in [-0.25, -0.2) is 0 Å². The number of hydrogen-bond acceptors (Lipinski definition) is 3.